The summed E-state index contributed by atoms with van der Waals surface area (Å²) in [5, 5.41) is 11.9. The lowest BCUT2D eigenvalue weighted by Gasteiger charge is -2.01. The number of carboxylic acid groups (broad SMARTS) is 1. The van der Waals surface area contributed by atoms with Crippen molar-refractivity contribution >= 4 is 23.0 Å². The zero-order valence-corrected chi connectivity index (χ0v) is 12.4. The molecule has 2 rings (SSSR count). The van der Waals surface area contributed by atoms with Crippen molar-refractivity contribution in [1.82, 2.24) is 0 Å². The molecule has 2 aromatic rings. The first-order valence-electron chi connectivity index (χ1n) is 6.78. The number of unbranched alkanes of at least 4 members (excludes halogenated alkanes) is 1. The summed E-state index contributed by atoms with van der Waals surface area (Å²) < 4.78 is 0. The molecule has 0 bridgehead atoms. The Morgan fingerprint density at radius 3 is 2.65 bits per heavy atom. The predicted molar refractivity (Wildman–Crippen MR) is 84.5 cm³/mol. The second-order valence-corrected chi connectivity index (χ2v) is 5.80. The van der Waals surface area contributed by atoms with Gasteiger partial charge in [-0.3, -0.25) is 4.79 Å². The number of carboxylic acids is 1. The van der Waals surface area contributed by atoms with Crippen molar-refractivity contribution in [3.05, 3.63) is 41.3 Å². The van der Waals surface area contributed by atoms with Crippen LogP contribution in [0.15, 0.2) is 36.4 Å². The fraction of sp³-hybridized carbons (Fsp3) is 0.312. The van der Waals surface area contributed by atoms with Crippen LogP contribution in [0.3, 0.4) is 0 Å². The maximum Gasteiger partial charge on any atom is 0.303 e. The molecule has 20 heavy (non-hydrogen) atoms. The molecule has 0 aliphatic carbocycles. The minimum atomic E-state index is -0.713. The van der Waals surface area contributed by atoms with Crippen molar-refractivity contribution in [2.75, 3.05) is 12.4 Å². The van der Waals surface area contributed by atoms with E-state index in [-0.39, 0.29) is 6.42 Å². The Bertz CT molecular complexity index is 563. The maximum atomic E-state index is 10.5. The average Bonchev–Trinajstić information content (AvgIpc) is 2.87. The van der Waals surface area contributed by atoms with E-state index in [1.165, 1.54) is 15.3 Å². The van der Waals surface area contributed by atoms with E-state index in [0.29, 0.717) is 0 Å². The Morgan fingerprint density at radius 2 is 2.00 bits per heavy atom. The predicted octanol–water partition coefficient (Wildman–Crippen LogP) is 4.25. The van der Waals surface area contributed by atoms with Gasteiger partial charge in [0.15, 0.2) is 0 Å². The van der Waals surface area contributed by atoms with E-state index in [2.05, 4.69) is 23.5 Å². The van der Waals surface area contributed by atoms with Gasteiger partial charge in [0.2, 0.25) is 0 Å². The van der Waals surface area contributed by atoms with Gasteiger partial charge in [-0.25, -0.2) is 0 Å². The molecule has 1 aromatic heterocycles. The molecule has 0 spiro atoms. The van der Waals surface area contributed by atoms with Crippen LogP contribution < -0.4 is 5.32 Å². The monoisotopic (exact) mass is 289 g/mol. The van der Waals surface area contributed by atoms with Crippen molar-refractivity contribution in [3.63, 3.8) is 0 Å². The highest BCUT2D eigenvalue weighted by molar-refractivity contribution is 7.16. The molecule has 0 atom stereocenters. The summed E-state index contributed by atoms with van der Waals surface area (Å²) in [6.07, 6.45) is 2.83. The van der Waals surface area contributed by atoms with Gasteiger partial charge in [-0.05, 0) is 30.9 Å². The standard InChI is InChI=1S/C16H19NO2S/c1-17-13-11-15(12-7-3-2-4-8-12)20-14(13)9-5-6-10-16(18)19/h2-4,7-8,11,17H,5-6,9-10H2,1H3,(H,18,19). The second-order valence-electron chi connectivity index (χ2n) is 4.66. The number of hydrogen-bond donors (Lipinski definition) is 2. The molecule has 3 nitrogen and oxygen atoms in total. The van der Waals surface area contributed by atoms with Crippen LogP contribution in [0, 0.1) is 0 Å². The number of benzene rings is 1. The van der Waals surface area contributed by atoms with Gasteiger partial charge in [0.25, 0.3) is 0 Å². The van der Waals surface area contributed by atoms with Crippen LogP contribution in [-0.2, 0) is 11.2 Å². The fourth-order valence-electron chi connectivity index (χ4n) is 2.13. The van der Waals surface area contributed by atoms with Gasteiger partial charge in [0.05, 0.1) is 0 Å². The minimum Gasteiger partial charge on any atom is -0.481 e. The highest BCUT2D eigenvalue weighted by atomic mass is 32.1. The first kappa shape index (κ1) is 14.6. The third-order valence-corrected chi connectivity index (χ3v) is 4.43. The molecule has 106 valence electrons. The SMILES string of the molecule is CNc1cc(-c2ccccc2)sc1CCCCC(=O)O. The van der Waals surface area contributed by atoms with Crippen molar-refractivity contribution in [2.24, 2.45) is 0 Å². The number of carbonyl (C=O) groups is 1. The van der Waals surface area contributed by atoms with Crippen molar-refractivity contribution in [2.45, 2.75) is 25.7 Å². The summed E-state index contributed by atoms with van der Waals surface area (Å²) in [6.45, 7) is 0. The molecule has 0 saturated carbocycles. The number of nitrogens with one attached hydrogen (secondary N) is 1. The van der Waals surface area contributed by atoms with Gasteiger partial charge in [-0.1, -0.05) is 30.3 Å². The number of thiophene rings is 1. The lowest BCUT2D eigenvalue weighted by molar-refractivity contribution is -0.137. The van der Waals surface area contributed by atoms with E-state index < -0.39 is 5.97 Å². The highest BCUT2D eigenvalue weighted by Crippen LogP contribution is 2.35. The number of hydrogen-bond acceptors (Lipinski definition) is 3. The number of anilines is 1. The maximum absolute atomic E-state index is 10.5. The molecule has 1 heterocycles. The van der Waals surface area contributed by atoms with E-state index in [1.807, 2.05) is 25.2 Å². The van der Waals surface area contributed by atoms with Gasteiger partial charge in [-0.15, -0.1) is 11.3 Å². The summed E-state index contributed by atoms with van der Waals surface area (Å²) in [6, 6.07) is 12.5. The van der Waals surface area contributed by atoms with E-state index >= 15 is 0 Å². The van der Waals surface area contributed by atoms with Crippen LogP contribution in [0.1, 0.15) is 24.1 Å². The Labute approximate surface area is 123 Å². The molecular weight excluding hydrogens is 270 g/mol. The van der Waals surface area contributed by atoms with Gasteiger partial charge in [0, 0.05) is 28.9 Å². The van der Waals surface area contributed by atoms with E-state index in [9.17, 15) is 4.79 Å². The molecular formula is C16H19NO2S. The van der Waals surface area contributed by atoms with Crippen LogP contribution in [0.4, 0.5) is 5.69 Å². The molecule has 0 fully saturated rings. The third-order valence-electron chi connectivity index (χ3n) is 3.18. The first-order chi connectivity index (χ1) is 9.70. The topological polar surface area (TPSA) is 49.3 Å². The molecule has 0 radical (unpaired) electrons. The van der Waals surface area contributed by atoms with Crippen LogP contribution in [0.5, 0.6) is 0 Å². The Balaban J connectivity index is 2.05. The van der Waals surface area contributed by atoms with E-state index in [1.54, 1.807) is 11.3 Å². The van der Waals surface area contributed by atoms with E-state index in [0.717, 1.165) is 24.9 Å². The van der Waals surface area contributed by atoms with Crippen LogP contribution in [0.2, 0.25) is 0 Å². The molecule has 2 N–H and O–H groups in total. The summed E-state index contributed by atoms with van der Waals surface area (Å²) in [7, 11) is 1.93. The summed E-state index contributed by atoms with van der Waals surface area (Å²) in [5.74, 6) is -0.713. The number of rotatable bonds is 7. The largest absolute Gasteiger partial charge is 0.481 e. The Hall–Kier alpha value is -1.81. The number of aliphatic carboxylic acids is 1. The molecule has 0 aliphatic rings. The van der Waals surface area contributed by atoms with Crippen LogP contribution in [-0.4, -0.2) is 18.1 Å². The molecule has 0 amide bonds. The van der Waals surface area contributed by atoms with E-state index in [4.69, 9.17) is 5.11 Å². The summed E-state index contributed by atoms with van der Waals surface area (Å²) in [5.41, 5.74) is 2.38. The lowest BCUT2D eigenvalue weighted by Crippen LogP contribution is -1.95. The van der Waals surface area contributed by atoms with Crippen LogP contribution in [0.25, 0.3) is 10.4 Å². The van der Waals surface area contributed by atoms with Gasteiger partial charge >= 0.3 is 5.97 Å². The fourth-order valence-corrected chi connectivity index (χ4v) is 3.35. The van der Waals surface area contributed by atoms with Crippen molar-refractivity contribution in [3.8, 4) is 10.4 Å². The quantitative estimate of drug-likeness (QED) is 0.749. The average molecular weight is 289 g/mol. The highest BCUT2D eigenvalue weighted by Gasteiger charge is 2.09. The zero-order chi connectivity index (χ0) is 14.4. The zero-order valence-electron chi connectivity index (χ0n) is 11.6. The summed E-state index contributed by atoms with van der Waals surface area (Å²) >= 11 is 1.79. The lowest BCUT2D eigenvalue weighted by atomic mass is 10.1. The van der Waals surface area contributed by atoms with Gasteiger partial charge in [0.1, 0.15) is 0 Å². The first-order valence-corrected chi connectivity index (χ1v) is 7.60. The molecule has 1 aromatic carbocycles. The number of aryl methyl sites for hydroxylation is 1. The smallest absolute Gasteiger partial charge is 0.303 e. The molecule has 0 aliphatic heterocycles. The normalized spacial score (nSPS) is 10.4. The van der Waals surface area contributed by atoms with Crippen molar-refractivity contribution < 1.29 is 9.90 Å². The van der Waals surface area contributed by atoms with Gasteiger partial charge in [-0.2, -0.15) is 0 Å². The molecule has 4 heteroatoms. The molecule has 0 unspecified atom stereocenters. The van der Waals surface area contributed by atoms with Crippen LogP contribution >= 0.6 is 11.3 Å². The minimum absolute atomic E-state index is 0.256. The second kappa shape index (κ2) is 7.10. The van der Waals surface area contributed by atoms with Crippen molar-refractivity contribution in [1.29, 1.82) is 0 Å². The molecule has 0 saturated heterocycles. The Kier molecular flexibility index (Phi) is 5.18. The summed E-state index contributed by atoms with van der Waals surface area (Å²) in [4.78, 5) is 13.1. The Morgan fingerprint density at radius 1 is 1.25 bits per heavy atom. The third kappa shape index (κ3) is 3.84. The van der Waals surface area contributed by atoms with Gasteiger partial charge < -0.3 is 10.4 Å².